The molecular formula is C37H46N4O3. The molecule has 7 heteroatoms. The predicted molar refractivity (Wildman–Crippen MR) is 174 cm³/mol. The summed E-state index contributed by atoms with van der Waals surface area (Å²) >= 11 is 0. The van der Waals surface area contributed by atoms with Crippen molar-refractivity contribution in [2.24, 2.45) is 11.8 Å². The number of nitrogens with one attached hydrogen (secondary N) is 3. The number of piperidine rings is 1. The first-order chi connectivity index (χ1) is 21.5. The van der Waals surface area contributed by atoms with Gasteiger partial charge >= 0.3 is 0 Å². The minimum absolute atomic E-state index is 0.0520. The molecule has 44 heavy (non-hydrogen) atoms. The molecule has 0 spiro atoms. The number of benzene rings is 3. The van der Waals surface area contributed by atoms with Gasteiger partial charge in [-0.2, -0.15) is 0 Å². The fourth-order valence-electron chi connectivity index (χ4n) is 6.71. The van der Waals surface area contributed by atoms with Gasteiger partial charge in [0.2, 0.25) is 17.7 Å². The summed E-state index contributed by atoms with van der Waals surface area (Å²) in [4.78, 5) is 41.1. The molecule has 2 fully saturated rings. The van der Waals surface area contributed by atoms with Crippen molar-refractivity contribution in [3.8, 4) is 0 Å². The average molecular weight is 595 g/mol. The van der Waals surface area contributed by atoms with Gasteiger partial charge in [0.1, 0.15) is 0 Å². The van der Waals surface area contributed by atoms with E-state index in [1.54, 1.807) is 0 Å². The molecule has 232 valence electrons. The van der Waals surface area contributed by atoms with Crippen molar-refractivity contribution in [3.05, 3.63) is 108 Å². The van der Waals surface area contributed by atoms with Gasteiger partial charge in [0.05, 0.1) is 12.0 Å². The van der Waals surface area contributed by atoms with Crippen molar-refractivity contribution in [2.45, 2.75) is 50.4 Å². The van der Waals surface area contributed by atoms with Crippen molar-refractivity contribution < 1.29 is 14.4 Å². The van der Waals surface area contributed by atoms with Crippen molar-refractivity contribution in [1.82, 2.24) is 20.9 Å². The molecule has 0 radical (unpaired) electrons. The van der Waals surface area contributed by atoms with E-state index in [1.165, 1.54) is 38.8 Å². The number of carbonyl (C=O) groups is 3. The lowest BCUT2D eigenvalue weighted by Gasteiger charge is -2.37. The molecule has 1 heterocycles. The van der Waals surface area contributed by atoms with E-state index in [9.17, 15) is 14.4 Å². The van der Waals surface area contributed by atoms with Crippen molar-refractivity contribution in [2.75, 3.05) is 39.3 Å². The molecule has 3 aromatic carbocycles. The number of amides is 3. The van der Waals surface area contributed by atoms with Crippen LogP contribution in [0.2, 0.25) is 0 Å². The number of hydrogen-bond donors (Lipinski definition) is 3. The van der Waals surface area contributed by atoms with Crippen LogP contribution in [0.25, 0.3) is 0 Å². The average Bonchev–Trinajstić information content (AvgIpc) is 3.05. The Morgan fingerprint density at radius 1 is 0.659 bits per heavy atom. The zero-order chi connectivity index (χ0) is 30.6. The van der Waals surface area contributed by atoms with E-state index in [0.29, 0.717) is 12.5 Å². The minimum Gasteiger partial charge on any atom is -0.356 e. The SMILES string of the molecule is O=C(CCNC(=O)CNC(=O)CC(c1ccccc1)(c1ccccc1)c1ccccc1)NC[C@H]1CCCN(CC2CCC2)C1. The highest BCUT2D eigenvalue weighted by Crippen LogP contribution is 2.42. The van der Waals surface area contributed by atoms with Crippen LogP contribution >= 0.6 is 0 Å². The lowest BCUT2D eigenvalue weighted by atomic mass is 9.67. The summed E-state index contributed by atoms with van der Waals surface area (Å²) in [5.74, 6) is 0.773. The molecule has 2 aliphatic rings. The predicted octanol–water partition coefficient (Wildman–Crippen LogP) is 4.66. The lowest BCUT2D eigenvalue weighted by Crippen LogP contribution is -2.44. The Bertz CT molecular complexity index is 1250. The van der Waals surface area contributed by atoms with Crippen LogP contribution in [0.15, 0.2) is 91.0 Å². The van der Waals surface area contributed by atoms with Crippen LogP contribution in [-0.2, 0) is 19.8 Å². The number of carbonyl (C=O) groups excluding carboxylic acids is 3. The normalized spacial score (nSPS) is 17.3. The van der Waals surface area contributed by atoms with Gasteiger partial charge in [-0.05, 0) is 60.8 Å². The molecule has 1 aliphatic heterocycles. The monoisotopic (exact) mass is 594 g/mol. The van der Waals surface area contributed by atoms with E-state index in [4.69, 9.17) is 0 Å². The Hall–Kier alpha value is -3.97. The molecule has 5 rings (SSSR count). The summed E-state index contributed by atoms with van der Waals surface area (Å²) in [6.45, 7) is 4.23. The van der Waals surface area contributed by atoms with Gasteiger partial charge < -0.3 is 20.9 Å². The Balaban J connectivity index is 1.09. The number of hydrogen-bond acceptors (Lipinski definition) is 4. The maximum Gasteiger partial charge on any atom is 0.239 e. The number of likely N-dealkylation sites (tertiary alicyclic amines) is 1. The van der Waals surface area contributed by atoms with Crippen molar-refractivity contribution >= 4 is 17.7 Å². The molecule has 3 aromatic rings. The standard InChI is InChI=1S/C37H46N4O3/c42-34(39-25-30-14-11-23-41(28-30)27-29-12-10-13-29)21-22-38-36(44)26-40-35(43)24-37(31-15-4-1-5-16-31,32-17-6-2-7-18-32)33-19-8-3-9-20-33/h1-9,15-20,29-30H,10-14,21-28H2,(H,38,44)(H,39,42)(H,40,43)/t30-/m1/s1. The van der Waals surface area contributed by atoms with E-state index in [0.717, 1.165) is 35.6 Å². The van der Waals surface area contributed by atoms with E-state index in [-0.39, 0.29) is 43.7 Å². The van der Waals surface area contributed by atoms with Crippen LogP contribution in [0.3, 0.4) is 0 Å². The first-order valence-electron chi connectivity index (χ1n) is 16.2. The van der Waals surface area contributed by atoms with Gasteiger partial charge in [-0.25, -0.2) is 0 Å². The summed E-state index contributed by atoms with van der Waals surface area (Å²) < 4.78 is 0. The zero-order valence-corrected chi connectivity index (χ0v) is 25.7. The zero-order valence-electron chi connectivity index (χ0n) is 25.7. The van der Waals surface area contributed by atoms with Gasteiger partial charge in [0.25, 0.3) is 0 Å². The second kappa shape index (κ2) is 15.7. The van der Waals surface area contributed by atoms with Crippen LogP contribution < -0.4 is 16.0 Å². The fraction of sp³-hybridized carbons (Fsp3) is 0.432. The maximum atomic E-state index is 13.4. The van der Waals surface area contributed by atoms with E-state index >= 15 is 0 Å². The number of nitrogens with zero attached hydrogens (tertiary/aromatic N) is 1. The molecular weight excluding hydrogens is 548 g/mol. The Kier molecular flexibility index (Phi) is 11.2. The molecule has 1 atom stereocenters. The second-order valence-corrected chi connectivity index (χ2v) is 12.4. The van der Waals surface area contributed by atoms with Crippen LogP contribution in [0, 0.1) is 11.8 Å². The highest BCUT2D eigenvalue weighted by atomic mass is 16.2. The van der Waals surface area contributed by atoms with Crippen molar-refractivity contribution in [1.29, 1.82) is 0 Å². The molecule has 1 saturated carbocycles. The lowest BCUT2D eigenvalue weighted by molar-refractivity contribution is -0.126. The quantitative estimate of drug-likeness (QED) is 0.237. The van der Waals surface area contributed by atoms with Gasteiger partial charge in [-0.1, -0.05) is 97.4 Å². The smallest absolute Gasteiger partial charge is 0.239 e. The first-order valence-corrected chi connectivity index (χ1v) is 16.2. The van der Waals surface area contributed by atoms with Crippen LogP contribution in [0.4, 0.5) is 0 Å². The topological polar surface area (TPSA) is 90.5 Å². The van der Waals surface area contributed by atoms with Crippen LogP contribution in [-0.4, -0.2) is 61.9 Å². The molecule has 1 saturated heterocycles. The largest absolute Gasteiger partial charge is 0.356 e. The van der Waals surface area contributed by atoms with Gasteiger partial charge in [0.15, 0.2) is 0 Å². The summed E-state index contributed by atoms with van der Waals surface area (Å²) in [5, 5.41) is 8.67. The van der Waals surface area contributed by atoms with Gasteiger partial charge in [-0.15, -0.1) is 0 Å². The summed E-state index contributed by atoms with van der Waals surface area (Å²) in [6, 6.07) is 30.1. The van der Waals surface area contributed by atoms with E-state index in [2.05, 4.69) is 20.9 Å². The Labute approximate surface area is 261 Å². The third-order valence-electron chi connectivity index (χ3n) is 9.28. The molecule has 3 N–H and O–H groups in total. The highest BCUT2D eigenvalue weighted by Gasteiger charge is 2.38. The van der Waals surface area contributed by atoms with Gasteiger partial charge in [-0.3, -0.25) is 14.4 Å². The third kappa shape index (κ3) is 8.35. The Morgan fingerprint density at radius 2 is 1.23 bits per heavy atom. The summed E-state index contributed by atoms with van der Waals surface area (Å²) in [6.07, 6.45) is 6.80. The molecule has 0 aromatic heterocycles. The summed E-state index contributed by atoms with van der Waals surface area (Å²) in [7, 11) is 0. The Morgan fingerprint density at radius 3 is 1.77 bits per heavy atom. The molecule has 7 nitrogen and oxygen atoms in total. The molecule has 1 aliphatic carbocycles. The van der Waals surface area contributed by atoms with Gasteiger partial charge in [0, 0.05) is 39.0 Å². The molecule has 3 amide bonds. The second-order valence-electron chi connectivity index (χ2n) is 12.4. The molecule has 0 unspecified atom stereocenters. The van der Waals surface area contributed by atoms with Crippen molar-refractivity contribution in [3.63, 3.8) is 0 Å². The summed E-state index contributed by atoms with van der Waals surface area (Å²) in [5.41, 5.74) is 2.28. The minimum atomic E-state index is -0.727. The molecule has 0 bridgehead atoms. The fourth-order valence-corrected chi connectivity index (χ4v) is 6.71. The van der Waals surface area contributed by atoms with E-state index < -0.39 is 5.41 Å². The number of rotatable bonds is 14. The maximum absolute atomic E-state index is 13.4. The highest BCUT2D eigenvalue weighted by molar-refractivity contribution is 5.86. The third-order valence-corrected chi connectivity index (χ3v) is 9.28. The van der Waals surface area contributed by atoms with Crippen LogP contribution in [0.1, 0.15) is 61.6 Å². The van der Waals surface area contributed by atoms with E-state index in [1.807, 2.05) is 91.0 Å². The first kappa shape index (κ1) is 31.5. The van der Waals surface area contributed by atoms with Crippen LogP contribution in [0.5, 0.6) is 0 Å².